The summed E-state index contributed by atoms with van der Waals surface area (Å²) in [7, 11) is 1.87. The second-order valence-electron chi connectivity index (χ2n) is 5.84. The van der Waals surface area contributed by atoms with Gasteiger partial charge in [0.15, 0.2) is 0 Å². The van der Waals surface area contributed by atoms with Crippen molar-refractivity contribution in [2.45, 2.75) is 0 Å². The molecular formula is C18H12Cl2N4O2. The van der Waals surface area contributed by atoms with Gasteiger partial charge >= 0.3 is 0 Å². The van der Waals surface area contributed by atoms with Crippen LogP contribution in [0, 0.1) is 10.1 Å². The average Bonchev–Trinajstić information content (AvgIpc) is 3.17. The van der Waals surface area contributed by atoms with Gasteiger partial charge in [-0.2, -0.15) is 0 Å². The number of halogens is 2. The van der Waals surface area contributed by atoms with Gasteiger partial charge in [-0.15, -0.1) is 0 Å². The zero-order valence-electron chi connectivity index (χ0n) is 13.6. The Labute approximate surface area is 158 Å². The van der Waals surface area contributed by atoms with Gasteiger partial charge in [0.05, 0.1) is 26.4 Å². The lowest BCUT2D eigenvalue weighted by molar-refractivity contribution is -0.384. The highest BCUT2D eigenvalue weighted by Gasteiger charge is 2.15. The van der Waals surface area contributed by atoms with Gasteiger partial charge in [0.25, 0.3) is 5.69 Å². The first-order chi connectivity index (χ1) is 12.4. The summed E-state index contributed by atoms with van der Waals surface area (Å²) in [5.74, 6) is 0.715. The predicted molar refractivity (Wildman–Crippen MR) is 102 cm³/mol. The van der Waals surface area contributed by atoms with Crippen LogP contribution < -0.4 is 0 Å². The van der Waals surface area contributed by atoms with Gasteiger partial charge in [-0.1, -0.05) is 41.4 Å². The summed E-state index contributed by atoms with van der Waals surface area (Å²) in [5, 5.41) is 12.0. The highest BCUT2D eigenvalue weighted by molar-refractivity contribution is 6.42. The topological polar surface area (TPSA) is 65.4 Å². The van der Waals surface area contributed by atoms with Crippen molar-refractivity contribution < 1.29 is 4.92 Å². The van der Waals surface area contributed by atoms with Crippen molar-refractivity contribution in [1.82, 2.24) is 14.0 Å². The molecule has 130 valence electrons. The third-order valence-corrected chi connectivity index (χ3v) is 4.94. The molecule has 0 aliphatic carbocycles. The summed E-state index contributed by atoms with van der Waals surface area (Å²) < 4.78 is 3.77. The largest absolute Gasteiger partial charge is 0.313 e. The number of aromatic nitrogens is 3. The van der Waals surface area contributed by atoms with Gasteiger partial charge in [0.1, 0.15) is 0 Å². The van der Waals surface area contributed by atoms with Gasteiger partial charge in [-0.25, -0.2) is 4.98 Å². The van der Waals surface area contributed by atoms with E-state index in [1.165, 1.54) is 6.07 Å². The molecule has 8 heteroatoms. The van der Waals surface area contributed by atoms with Crippen molar-refractivity contribution in [3.05, 3.63) is 75.0 Å². The highest BCUT2D eigenvalue weighted by atomic mass is 35.5. The lowest BCUT2D eigenvalue weighted by atomic mass is 10.1. The normalized spacial score (nSPS) is 11.2. The lowest BCUT2D eigenvalue weighted by Crippen LogP contribution is -1.94. The maximum absolute atomic E-state index is 11.0. The average molecular weight is 387 g/mol. The van der Waals surface area contributed by atoms with Crippen LogP contribution in [0.1, 0.15) is 0 Å². The van der Waals surface area contributed by atoms with E-state index < -0.39 is 4.92 Å². The fraction of sp³-hybridized carbons (Fsp3) is 0.0556. The number of nitrogens with zero attached hydrogens (tertiary/aromatic N) is 4. The lowest BCUT2D eigenvalue weighted by Gasteiger charge is -2.03. The standard InChI is InChI=1S/C18H12Cl2N4O2/c1-22-17(12-3-2-4-13(7-12)24(25)26)10-23-9-16(21-18(22)23)11-5-6-14(19)15(20)8-11/h2-10H,1H3. The molecule has 2 aromatic carbocycles. The maximum Gasteiger partial charge on any atom is 0.270 e. The molecule has 0 unspecified atom stereocenters. The van der Waals surface area contributed by atoms with Crippen LogP contribution in [0.25, 0.3) is 28.3 Å². The molecular weight excluding hydrogens is 375 g/mol. The zero-order valence-corrected chi connectivity index (χ0v) is 15.1. The van der Waals surface area contributed by atoms with Crippen molar-refractivity contribution in [2.24, 2.45) is 7.05 Å². The van der Waals surface area contributed by atoms with Crippen molar-refractivity contribution in [2.75, 3.05) is 0 Å². The molecule has 0 amide bonds. The highest BCUT2D eigenvalue weighted by Crippen LogP contribution is 2.30. The first-order valence-corrected chi connectivity index (χ1v) is 8.44. The fourth-order valence-electron chi connectivity index (χ4n) is 2.89. The van der Waals surface area contributed by atoms with Crippen LogP contribution in [0.4, 0.5) is 5.69 Å². The molecule has 2 aromatic heterocycles. The first kappa shape index (κ1) is 16.6. The second-order valence-corrected chi connectivity index (χ2v) is 6.66. The number of fused-ring (bicyclic) bond motifs is 1. The second kappa shape index (κ2) is 6.16. The molecule has 0 saturated heterocycles. The number of benzene rings is 2. The number of rotatable bonds is 3. The molecule has 2 heterocycles. The summed E-state index contributed by atoms with van der Waals surface area (Å²) >= 11 is 12.1. The first-order valence-electron chi connectivity index (χ1n) is 7.69. The van der Waals surface area contributed by atoms with Gasteiger partial charge in [0, 0.05) is 42.7 Å². The number of imidazole rings is 2. The van der Waals surface area contributed by atoms with Crippen LogP contribution in [0.2, 0.25) is 10.0 Å². The van der Waals surface area contributed by atoms with Crippen molar-refractivity contribution in [3.63, 3.8) is 0 Å². The van der Waals surface area contributed by atoms with E-state index in [1.807, 2.05) is 40.5 Å². The molecule has 4 rings (SSSR count). The Morgan fingerprint density at radius 2 is 1.85 bits per heavy atom. The summed E-state index contributed by atoms with van der Waals surface area (Å²) in [6, 6.07) is 11.9. The van der Waals surface area contributed by atoms with Crippen LogP contribution in [0.5, 0.6) is 0 Å². The third-order valence-electron chi connectivity index (χ3n) is 4.20. The van der Waals surface area contributed by atoms with E-state index in [-0.39, 0.29) is 5.69 Å². The van der Waals surface area contributed by atoms with E-state index in [0.29, 0.717) is 15.8 Å². The Morgan fingerprint density at radius 1 is 1.04 bits per heavy atom. The van der Waals surface area contributed by atoms with E-state index in [9.17, 15) is 10.1 Å². The van der Waals surface area contributed by atoms with Crippen LogP contribution in [0.15, 0.2) is 54.9 Å². The Morgan fingerprint density at radius 3 is 2.54 bits per heavy atom. The monoisotopic (exact) mass is 386 g/mol. The van der Waals surface area contributed by atoms with Gasteiger partial charge in [0.2, 0.25) is 5.78 Å². The minimum absolute atomic E-state index is 0.0536. The molecule has 26 heavy (non-hydrogen) atoms. The van der Waals surface area contributed by atoms with Crippen LogP contribution in [-0.2, 0) is 7.05 Å². The molecule has 0 aliphatic heterocycles. The molecule has 0 N–H and O–H groups in total. The van der Waals surface area contributed by atoms with Crippen LogP contribution in [0.3, 0.4) is 0 Å². The van der Waals surface area contributed by atoms with Gasteiger partial charge < -0.3 is 4.57 Å². The number of nitro groups is 1. The van der Waals surface area contributed by atoms with E-state index in [2.05, 4.69) is 4.98 Å². The summed E-state index contributed by atoms with van der Waals surface area (Å²) in [4.78, 5) is 15.2. The molecule has 0 aliphatic rings. The quantitative estimate of drug-likeness (QED) is 0.358. The van der Waals surface area contributed by atoms with Crippen LogP contribution >= 0.6 is 23.2 Å². The molecule has 0 atom stereocenters. The SMILES string of the molecule is Cn1c(-c2cccc([N+](=O)[O-])c2)cn2cc(-c3ccc(Cl)c(Cl)c3)nc12. The van der Waals surface area contributed by atoms with Gasteiger partial charge in [-0.05, 0) is 12.1 Å². The number of hydrogen-bond acceptors (Lipinski definition) is 3. The Hall–Kier alpha value is -2.83. The van der Waals surface area contributed by atoms with E-state index in [4.69, 9.17) is 23.2 Å². The zero-order chi connectivity index (χ0) is 18.4. The fourth-order valence-corrected chi connectivity index (χ4v) is 3.19. The molecule has 0 saturated carbocycles. The molecule has 0 bridgehead atoms. The molecule has 0 fully saturated rings. The number of aryl methyl sites for hydroxylation is 1. The molecule has 4 aromatic rings. The number of non-ortho nitro benzene ring substituents is 1. The van der Waals surface area contributed by atoms with Crippen LogP contribution in [-0.4, -0.2) is 18.9 Å². The molecule has 0 radical (unpaired) electrons. The summed E-state index contributed by atoms with van der Waals surface area (Å²) in [5.41, 5.74) is 3.26. The Kier molecular flexibility index (Phi) is 3.94. The summed E-state index contributed by atoms with van der Waals surface area (Å²) in [6.07, 6.45) is 3.78. The number of hydrogen-bond donors (Lipinski definition) is 0. The van der Waals surface area contributed by atoms with E-state index >= 15 is 0 Å². The van der Waals surface area contributed by atoms with Crippen molar-refractivity contribution in [1.29, 1.82) is 0 Å². The minimum atomic E-state index is -0.403. The Balaban J connectivity index is 1.80. The molecule has 6 nitrogen and oxygen atoms in total. The van der Waals surface area contributed by atoms with E-state index in [0.717, 1.165) is 22.5 Å². The Bertz CT molecular complexity index is 1160. The van der Waals surface area contributed by atoms with Crippen molar-refractivity contribution >= 4 is 34.7 Å². The van der Waals surface area contributed by atoms with Crippen molar-refractivity contribution in [3.8, 4) is 22.5 Å². The third kappa shape index (κ3) is 2.73. The molecule has 0 spiro atoms. The summed E-state index contributed by atoms with van der Waals surface area (Å²) in [6.45, 7) is 0. The van der Waals surface area contributed by atoms with E-state index in [1.54, 1.807) is 24.3 Å². The maximum atomic E-state index is 11.0. The van der Waals surface area contributed by atoms with Gasteiger partial charge in [-0.3, -0.25) is 14.5 Å². The number of nitro benzene ring substituents is 1. The minimum Gasteiger partial charge on any atom is -0.313 e. The predicted octanol–water partition coefficient (Wildman–Crippen LogP) is 5.22. The smallest absolute Gasteiger partial charge is 0.270 e.